The summed E-state index contributed by atoms with van der Waals surface area (Å²) in [4.78, 5) is 2.35. The summed E-state index contributed by atoms with van der Waals surface area (Å²) < 4.78 is 5.38. The molecule has 21 heavy (non-hydrogen) atoms. The van der Waals surface area contributed by atoms with Crippen molar-refractivity contribution >= 4 is 28.7 Å². The molecule has 1 aromatic rings. The molecule has 0 atom stereocenters. The zero-order valence-corrected chi connectivity index (χ0v) is 13.1. The maximum atomic E-state index is 5.38. The van der Waals surface area contributed by atoms with Crippen LogP contribution in [0, 0.1) is 0 Å². The second-order valence-corrected chi connectivity index (χ2v) is 6.13. The Morgan fingerprint density at radius 2 is 1.76 bits per heavy atom. The molecule has 1 aliphatic carbocycles. The highest BCUT2D eigenvalue weighted by Crippen LogP contribution is 2.20. The van der Waals surface area contributed by atoms with Gasteiger partial charge in [-0.15, -0.1) is 0 Å². The van der Waals surface area contributed by atoms with Crippen LogP contribution < -0.4 is 15.5 Å². The lowest BCUT2D eigenvalue weighted by Gasteiger charge is -2.29. The van der Waals surface area contributed by atoms with Gasteiger partial charge in [-0.3, -0.25) is 0 Å². The van der Waals surface area contributed by atoms with Crippen LogP contribution in [0.25, 0.3) is 0 Å². The quantitative estimate of drug-likeness (QED) is 0.840. The molecule has 5 heteroatoms. The third kappa shape index (κ3) is 4.08. The molecule has 0 bridgehead atoms. The zero-order chi connectivity index (χ0) is 14.5. The summed E-state index contributed by atoms with van der Waals surface area (Å²) >= 11 is 5.38. The molecule has 114 valence electrons. The Bertz CT molecular complexity index is 465. The summed E-state index contributed by atoms with van der Waals surface area (Å²) in [7, 11) is 0. The van der Waals surface area contributed by atoms with Gasteiger partial charge in [-0.25, -0.2) is 0 Å². The maximum Gasteiger partial charge on any atom is 0.170 e. The molecular formula is C16H23N3OS. The van der Waals surface area contributed by atoms with E-state index in [1.807, 2.05) is 0 Å². The first-order valence-corrected chi connectivity index (χ1v) is 8.22. The molecule has 1 saturated carbocycles. The van der Waals surface area contributed by atoms with Gasteiger partial charge in [-0.05, 0) is 49.3 Å². The van der Waals surface area contributed by atoms with Gasteiger partial charge in [-0.1, -0.05) is 12.8 Å². The molecule has 1 saturated heterocycles. The van der Waals surface area contributed by atoms with Crippen molar-refractivity contribution < 1.29 is 4.74 Å². The van der Waals surface area contributed by atoms with Gasteiger partial charge < -0.3 is 20.3 Å². The second-order valence-electron chi connectivity index (χ2n) is 5.73. The molecule has 0 spiro atoms. The van der Waals surface area contributed by atoms with E-state index in [1.165, 1.54) is 31.4 Å². The Kier molecular flexibility index (Phi) is 4.93. The number of rotatable bonds is 3. The highest BCUT2D eigenvalue weighted by Gasteiger charge is 2.15. The average Bonchev–Trinajstić information content (AvgIpc) is 3.02. The van der Waals surface area contributed by atoms with Crippen molar-refractivity contribution in [1.82, 2.24) is 5.32 Å². The molecule has 1 aliphatic heterocycles. The van der Waals surface area contributed by atoms with Gasteiger partial charge >= 0.3 is 0 Å². The fraction of sp³-hybridized carbons (Fsp3) is 0.562. The highest BCUT2D eigenvalue weighted by atomic mass is 32.1. The van der Waals surface area contributed by atoms with Crippen LogP contribution in [-0.4, -0.2) is 37.5 Å². The molecule has 2 aliphatic rings. The van der Waals surface area contributed by atoms with E-state index in [1.54, 1.807) is 0 Å². The van der Waals surface area contributed by atoms with Crippen LogP contribution in [0.1, 0.15) is 25.7 Å². The number of benzene rings is 1. The van der Waals surface area contributed by atoms with Crippen LogP contribution in [0.5, 0.6) is 0 Å². The van der Waals surface area contributed by atoms with Crippen LogP contribution in [0.3, 0.4) is 0 Å². The van der Waals surface area contributed by atoms with Gasteiger partial charge in [0.1, 0.15) is 0 Å². The lowest BCUT2D eigenvalue weighted by molar-refractivity contribution is 0.122. The molecule has 0 amide bonds. The number of ether oxygens (including phenoxy) is 1. The average molecular weight is 305 g/mol. The summed E-state index contributed by atoms with van der Waals surface area (Å²) in [6.07, 6.45) is 5.10. The number of morpholine rings is 1. The minimum absolute atomic E-state index is 0.553. The summed E-state index contributed by atoms with van der Waals surface area (Å²) in [6, 6.07) is 9.02. The van der Waals surface area contributed by atoms with Crippen LogP contribution in [0.15, 0.2) is 24.3 Å². The third-order valence-electron chi connectivity index (χ3n) is 4.19. The van der Waals surface area contributed by atoms with E-state index >= 15 is 0 Å². The Labute approximate surface area is 131 Å². The van der Waals surface area contributed by atoms with Crippen LogP contribution in [0.2, 0.25) is 0 Å². The Morgan fingerprint density at radius 1 is 1.10 bits per heavy atom. The maximum absolute atomic E-state index is 5.38. The number of nitrogens with one attached hydrogen (secondary N) is 2. The number of nitrogens with zero attached hydrogens (tertiary/aromatic N) is 1. The molecule has 3 rings (SSSR count). The first kappa shape index (κ1) is 14.6. The van der Waals surface area contributed by atoms with Gasteiger partial charge in [0.25, 0.3) is 0 Å². The van der Waals surface area contributed by atoms with Crippen molar-refractivity contribution in [3.63, 3.8) is 0 Å². The number of anilines is 2. The van der Waals surface area contributed by atoms with E-state index in [4.69, 9.17) is 17.0 Å². The van der Waals surface area contributed by atoms with E-state index in [9.17, 15) is 0 Å². The zero-order valence-electron chi connectivity index (χ0n) is 12.3. The third-order valence-corrected chi connectivity index (χ3v) is 4.41. The Balaban J connectivity index is 1.52. The topological polar surface area (TPSA) is 36.5 Å². The molecular weight excluding hydrogens is 282 g/mol. The predicted molar refractivity (Wildman–Crippen MR) is 91.1 cm³/mol. The van der Waals surface area contributed by atoms with Crippen molar-refractivity contribution in [1.29, 1.82) is 0 Å². The van der Waals surface area contributed by atoms with Crippen LogP contribution in [-0.2, 0) is 4.74 Å². The Hall–Kier alpha value is -1.33. The Morgan fingerprint density at radius 3 is 2.43 bits per heavy atom. The summed E-state index contributed by atoms with van der Waals surface area (Å²) in [5.41, 5.74) is 2.29. The lowest BCUT2D eigenvalue weighted by atomic mass is 10.2. The largest absolute Gasteiger partial charge is 0.378 e. The van der Waals surface area contributed by atoms with E-state index in [-0.39, 0.29) is 0 Å². The van der Waals surface area contributed by atoms with Gasteiger partial charge in [0, 0.05) is 30.5 Å². The highest BCUT2D eigenvalue weighted by molar-refractivity contribution is 7.80. The normalized spacial score (nSPS) is 19.5. The van der Waals surface area contributed by atoms with Crippen LogP contribution in [0.4, 0.5) is 11.4 Å². The van der Waals surface area contributed by atoms with Crippen molar-refractivity contribution in [2.45, 2.75) is 31.7 Å². The van der Waals surface area contributed by atoms with Gasteiger partial charge in [0.05, 0.1) is 13.2 Å². The fourth-order valence-electron chi connectivity index (χ4n) is 3.00. The summed E-state index contributed by atoms with van der Waals surface area (Å²) in [5, 5.41) is 7.41. The van der Waals surface area contributed by atoms with E-state index < -0.39 is 0 Å². The van der Waals surface area contributed by atoms with E-state index in [2.05, 4.69) is 39.8 Å². The number of thiocarbonyl (C=S) groups is 1. The molecule has 4 nitrogen and oxygen atoms in total. The molecule has 0 radical (unpaired) electrons. The van der Waals surface area contributed by atoms with Crippen molar-refractivity contribution in [3.05, 3.63) is 24.3 Å². The minimum atomic E-state index is 0.553. The first-order valence-electron chi connectivity index (χ1n) is 7.81. The molecule has 0 unspecified atom stereocenters. The molecule has 1 heterocycles. The predicted octanol–water partition coefficient (Wildman–Crippen LogP) is 2.75. The van der Waals surface area contributed by atoms with E-state index in [0.717, 1.165) is 37.1 Å². The van der Waals surface area contributed by atoms with Crippen molar-refractivity contribution in [3.8, 4) is 0 Å². The van der Waals surface area contributed by atoms with Gasteiger partial charge in [-0.2, -0.15) is 0 Å². The number of hydrogen-bond donors (Lipinski definition) is 2. The molecule has 0 aromatic heterocycles. The molecule has 2 fully saturated rings. The monoisotopic (exact) mass is 305 g/mol. The van der Waals surface area contributed by atoms with Gasteiger partial charge in [0.2, 0.25) is 0 Å². The van der Waals surface area contributed by atoms with Crippen LogP contribution >= 0.6 is 12.2 Å². The van der Waals surface area contributed by atoms with Crippen molar-refractivity contribution in [2.24, 2.45) is 0 Å². The fourth-order valence-corrected chi connectivity index (χ4v) is 3.28. The summed E-state index contributed by atoms with van der Waals surface area (Å²) in [5.74, 6) is 0. The standard InChI is InChI=1S/C16H23N3OS/c21-16(17-13-3-1-2-4-13)18-14-5-7-15(8-6-14)19-9-11-20-12-10-19/h5-8,13H,1-4,9-12H2,(H2,17,18,21). The lowest BCUT2D eigenvalue weighted by Crippen LogP contribution is -2.36. The number of hydrogen-bond acceptors (Lipinski definition) is 3. The van der Waals surface area contributed by atoms with E-state index in [0.29, 0.717) is 6.04 Å². The SMILES string of the molecule is S=C(Nc1ccc(N2CCOCC2)cc1)NC1CCCC1. The molecule has 2 N–H and O–H groups in total. The smallest absolute Gasteiger partial charge is 0.170 e. The summed E-state index contributed by atoms with van der Waals surface area (Å²) in [6.45, 7) is 3.56. The molecule has 1 aromatic carbocycles. The minimum Gasteiger partial charge on any atom is -0.378 e. The van der Waals surface area contributed by atoms with Gasteiger partial charge in [0.15, 0.2) is 5.11 Å². The first-order chi connectivity index (χ1) is 10.3. The second kappa shape index (κ2) is 7.09. The van der Waals surface area contributed by atoms with Crippen molar-refractivity contribution in [2.75, 3.05) is 36.5 Å².